The molecule has 1 aromatic carbocycles. The number of anilines is 3. The number of urea groups is 1. The van der Waals surface area contributed by atoms with Gasteiger partial charge in [0.05, 0.1) is 49.2 Å². The third-order valence-corrected chi connectivity index (χ3v) is 21.0. The molecule has 3 saturated heterocycles. The molecule has 8 amide bonds. The number of nitrogen functional groups attached to an aromatic ring is 2. The Labute approximate surface area is 567 Å². The molecule has 36 nitrogen and oxygen atoms in total. The van der Waals surface area contributed by atoms with Gasteiger partial charge in [-0.15, -0.1) is 11.8 Å². The Bertz CT molecular complexity index is 3770. The number of phosphoric ester groups is 1. The number of aromatic amines is 1. The Morgan fingerprint density at radius 3 is 2.27 bits per heavy atom. The molecule has 39 heteroatoms. The SMILES string of the molecule is CCC(C)(CC)SC1CC(=O)N(CCCCCC(=O)NC(C(=O)N[C@@H](CCCNC(N)=O)C(=O)Nc2ccc(COC(=O)NCCCC3C(OP(=O)(O)OC[C@H]4O[C@@H](n5cnc6c(N)ncnc65)C(O)C4C[P+](=O)O)[C@H](n4cnc5c(=O)[nH]c(N)nc54)O[C@@H]3CO)cc2)C(C)C)C1=O. The number of likely N-dealkylation sites (tertiary alicyclic amines) is 1. The molecule has 0 saturated carbocycles. The number of H-pyrrole nitrogens is 1. The highest BCUT2D eigenvalue weighted by molar-refractivity contribution is 8.02. The molecular formula is C59H86N17O19P2S+. The van der Waals surface area contributed by atoms with Gasteiger partial charge in [0.15, 0.2) is 41.2 Å². The first-order valence-corrected chi connectivity index (χ1v) is 35.9. The smallest absolute Gasteiger partial charge is 0.445 e. The van der Waals surface area contributed by atoms with E-state index < -0.39 is 143 Å². The fourth-order valence-electron chi connectivity index (χ4n) is 11.7. The minimum atomic E-state index is -5.26. The van der Waals surface area contributed by atoms with Gasteiger partial charge in [0.2, 0.25) is 35.5 Å². The molecule has 3 aliphatic heterocycles. The van der Waals surface area contributed by atoms with Crippen molar-refractivity contribution < 1.29 is 85.9 Å². The second kappa shape index (κ2) is 34.3. The van der Waals surface area contributed by atoms with Crippen molar-refractivity contribution in [2.24, 2.45) is 23.5 Å². The predicted octanol–water partition coefficient (Wildman–Crippen LogP) is 2.46. The minimum absolute atomic E-state index is 0.0290. The van der Waals surface area contributed by atoms with Crippen LogP contribution in [0, 0.1) is 17.8 Å². The van der Waals surface area contributed by atoms with Crippen LogP contribution in [0.4, 0.5) is 27.0 Å². The first-order chi connectivity index (χ1) is 46.6. The number of nitrogens with two attached hydrogens (primary N) is 3. The molecule has 8 rings (SSSR count). The summed E-state index contributed by atoms with van der Waals surface area (Å²) >= 11 is 1.56. The molecule has 98 heavy (non-hydrogen) atoms. The van der Waals surface area contributed by atoms with Crippen LogP contribution in [0.3, 0.4) is 0 Å². The van der Waals surface area contributed by atoms with Crippen molar-refractivity contribution in [1.29, 1.82) is 0 Å². The molecule has 536 valence electrons. The highest BCUT2D eigenvalue weighted by Crippen LogP contribution is 2.53. The van der Waals surface area contributed by atoms with E-state index in [4.69, 9.17) is 40.5 Å². The zero-order valence-corrected chi connectivity index (χ0v) is 57.3. The third-order valence-electron chi connectivity index (χ3n) is 17.5. The Kier molecular flexibility index (Phi) is 26.6. The molecular weight excluding hydrogens is 1340 g/mol. The standard InChI is InChI=1S/C59H85N17O19P2S/c1-6-59(5,7-2)98-39-23-41(79)74(53(39)84)22-10-8-9-15-40(78)71-42(31(3)4)51(82)70-36(14-12-20-63-57(62)85)50(81)69-33-18-16-32(17-19-33)25-91-58(86)64-21-11-13-34-37(24-77)93-55(76-30-68-44-49(76)72-56(61)73-52(44)83)46(34)95-97(89,90)92-26-38-35(27-96(87)88)45(80)54(94-38)75-29-67-43-47(60)65-28-66-48(43)75/h16-19,28-31,34-39,42,45-46,54-55,77,80H,6-15,20-27H2,1-5H3,(H13-,60,61,62,63,64,65,66,69,70,71,72,73,78,81,82,83,85,86,87,88,89,90)/p+1/t34?,35?,36-,37+,38+,39?,42?,45?,46?,54+,55+/m0/s1. The number of unbranched alkanes of at least 4 members (excludes halogenated alkanes) is 2. The number of benzene rings is 1. The lowest BCUT2D eigenvalue weighted by atomic mass is 9.93. The van der Waals surface area contributed by atoms with Crippen LogP contribution >= 0.6 is 27.6 Å². The van der Waals surface area contributed by atoms with Gasteiger partial charge >= 0.3 is 28.0 Å². The van der Waals surface area contributed by atoms with Gasteiger partial charge in [-0.2, -0.15) is 9.88 Å². The van der Waals surface area contributed by atoms with Crippen LogP contribution in [0.5, 0.6) is 0 Å². The molecule has 3 aliphatic rings. The van der Waals surface area contributed by atoms with Crippen molar-refractivity contribution in [1.82, 2.24) is 65.2 Å². The number of alkyl carbamates (subject to hydrolysis) is 1. The van der Waals surface area contributed by atoms with Gasteiger partial charge in [-0.05, 0) is 79.5 Å². The number of fused-ring (bicyclic) bond motifs is 2. The maximum absolute atomic E-state index is 14.1. The van der Waals surface area contributed by atoms with E-state index in [-0.39, 0.29) is 115 Å². The summed E-state index contributed by atoms with van der Waals surface area (Å²) in [7, 11) is -8.15. The lowest BCUT2D eigenvalue weighted by molar-refractivity contribution is -0.138. The topological polar surface area (TPSA) is 529 Å². The maximum atomic E-state index is 14.1. The fourth-order valence-corrected chi connectivity index (χ4v) is 15.0. The summed E-state index contributed by atoms with van der Waals surface area (Å²) in [6, 6.07) is 3.31. The Morgan fingerprint density at radius 1 is 0.888 bits per heavy atom. The number of amides is 8. The van der Waals surface area contributed by atoms with Crippen molar-refractivity contribution in [3.8, 4) is 0 Å². The maximum Gasteiger partial charge on any atom is 0.505 e. The Balaban J connectivity index is 0.830. The van der Waals surface area contributed by atoms with E-state index in [1.54, 1.807) is 49.9 Å². The number of rotatable bonds is 36. The van der Waals surface area contributed by atoms with Crippen LogP contribution < -0.4 is 49.3 Å². The summed E-state index contributed by atoms with van der Waals surface area (Å²) < 4.78 is 57.9. The zero-order valence-electron chi connectivity index (χ0n) is 54.7. The highest BCUT2D eigenvalue weighted by Gasteiger charge is 2.52. The number of nitrogens with one attached hydrogen (secondary N) is 6. The number of ether oxygens (including phenoxy) is 3. The van der Waals surface area contributed by atoms with Crippen LogP contribution in [-0.2, 0) is 63.0 Å². The molecule has 4 aromatic heterocycles. The number of aliphatic hydroxyl groups is 2. The van der Waals surface area contributed by atoms with Gasteiger partial charge in [-0.1, -0.05) is 53.2 Å². The molecule has 5 aromatic rings. The number of primary amides is 1. The quantitative estimate of drug-likeness (QED) is 0.0156. The first kappa shape index (κ1) is 75.9. The van der Waals surface area contributed by atoms with Crippen LogP contribution in [0.15, 0.2) is 48.0 Å². The molecule has 8 unspecified atom stereocenters. The van der Waals surface area contributed by atoms with Crippen molar-refractivity contribution in [2.45, 2.75) is 171 Å². The number of hydrogen-bond acceptors (Lipinski definition) is 25. The van der Waals surface area contributed by atoms with Crippen LogP contribution in [0.25, 0.3) is 22.3 Å². The summed E-state index contributed by atoms with van der Waals surface area (Å²) in [5.41, 5.74) is 17.2. The van der Waals surface area contributed by atoms with Crippen LogP contribution in [-0.4, -0.2) is 191 Å². The summed E-state index contributed by atoms with van der Waals surface area (Å²) in [6.07, 6.45) is -1.91. The third kappa shape index (κ3) is 19.5. The summed E-state index contributed by atoms with van der Waals surface area (Å²) in [6.45, 7) is 8.37. The lowest BCUT2D eigenvalue weighted by Gasteiger charge is -2.28. The molecule has 0 aliphatic carbocycles. The van der Waals surface area contributed by atoms with Crippen LogP contribution in [0.1, 0.15) is 123 Å². The van der Waals surface area contributed by atoms with E-state index in [1.807, 2.05) is 0 Å². The number of thioether (sulfide) groups is 1. The van der Waals surface area contributed by atoms with Gasteiger partial charge in [0, 0.05) is 48.8 Å². The molecule has 16 N–H and O–H groups in total. The monoisotopic (exact) mass is 1430 g/mol. The fraction of sp³-hybridized carbons (Fsp3) is 0.610. The number of carbonyl (C=O) groups is 7. The second-order valence-corrected chi connectivity index (χ2v) is 28.9. The van der Waals surface area contributed by atoms with E-state index >= 15 is 0 Å². The number of nitrogens with zero attached hydrogens (tertiary/aromatic N) is 8. The number of carbonyl (C=O) groups excluding carboxylic acids is 7. The molecule has 0 radical (unpaired) electrons. The highest BCUT2D eigenvalue weighted by atomic mass is 32.2. The van der Waals surface area contributed by atoms with E-state index in [0.717, 1.165) is 25.5 Å². The van der Waals surface area contributed by atoms with Gasteiger partial charge in [-0.3, -0.25) is 56.8 Å². The van der Waals surface area contributed by atoms with Crippen molar-refractivity contribution >= 4 is 109 Å². The predicted molar refractivity (Wildman–Crippen MR) is 354 cm³/mol. The van der Waals surface area contributed by atoms with Crippen molar-refractivity contribution in [3.63, 3.8) is 0 Å². The first-order valence-electron chi connectivity index (χ1n) is 32.1. The Hall–Kier alpha value is -7.83. The number of aliphatic hydroxyl groups excluding tert-OH is 2. The van der Waals surface area contributed by atoms with Gasteiger partial charge in [-0.25, -0.2) is 34.1 Å². The van der Waals surface area contributed by atoms with E-state index in [1.165, 1.54) is 20.4 Å². The number of phosphoric acid groups is 1. The second-order valence-electron chi connectivity index (χ2n) is 24.6. The number of imidazole rings is 2. The summed E-state index contributed by atoms with van der Waals surface area (Å²) in [5, 5.41) is 35.0. The number of aromatic nitrogens is 8. The largest absolute Gasteiger partial charge is 0.505 e. The molecule has 7 heterocycles. The van der Waals surface area contributed by atoms with Crippen molar-refractivity contribution in [2.75, 3.05) is 55.8 Å². The minimum Gasteiger partial charge on any atom is -0.445 e. The van der Waals surface area contributed by atoms with Gasteiger partial charge in [0.1, 0.15) is 42.7 Å². The molecule has 0 spiro atoms. The van der Waals surface area contributed by atoms with Crippen molar-refractivity contribution in [3.05, 3.63) is 59.2 Å². The zero-order chi connectivity index (χ0) is 71.2. The van der Waals surface area contributed by atoms with Gasteiger partial charge in [0.25, 0.3) is 5.56 Å². The summed E-state index contributed by atoms with van der Waals surface area (Å²) in [5.74, 6) is -4.77. The Morgan fingerprint density at radius 2 is 1.58 bits per heavy atom. The number of imide groups is 1. The van der Waals surface area contributed by atoms with E-state index in [0.29, 0.717) is 30.5 Å². The van der Waals surface area contributed by atoms with E-state index in [2.05, 4.69) is 77.3 Å². The summed E-state index contributed by atoms with van der Waals surface area (Å²) in [4.78, 5) is 150. The van der Waals surface area contributed by atoms with Crippen LogP contribution in [0.2, 0.25) is 0 Å². The number of hydrogen-bond donors (Lipinski definition) is 13. The lowest BCUT2D eigenvalue weighted by Crippen LogP contribution is -2.54. The van der Waals surface area contributed by atoms with Gasteiger partial charge < -0.3 is 73.1 Å². The average molecular weight is 1430 g/mol. The normalized spacial score (nSPS) is 22.4. The molecule has 13 atom stereocenters. The van der Waals surface area contributed by atoms with E-state index in [9.17, 15) is 67.5 Å². The molecule has 0 bridgehead atoms. The average Bonchev–Trinajstić information content (AvgIpc) is 1.61. The molecule has 3 fully saturated rings.